The number of aliphatic hydroxyl groups excluding tert-OH is 1. The Bertz CT molecular complexity index is 787. The monoisotopic (exact) mass is 373 g/mol. The molecular formula is C20H20FNO3S. The molecule has 0 saturated heterocycles. The summed E-state index contributed by atoms with van der Waals surface area (Å²) in [6.07, 6.45) is 4.89. The van der Waals surface area contributed by atoms with Crippen molar-refractivity contribution in [3.63, 3.8) is 0 Å². The summed E-state index contributed by atoms with van der Waals surface area (Å²) in [5.74, 6) is 3.24. The van der Waals surface area contributed by atoms with E-state index >= 15 is 0 Å². The van der Waals surface area contributed by atoms with E-state index in [1.165, 1.54) is 24.3 Å². The van der Waals surface area contributed by atoms with Crippen LogP contribution >= 0.6 is 12.2 Å². The van der Waals surface area contributed by atoms with Crippen LogP contribution in [0.1, 0.15) is 17.2 Å². The summed E-state index contributed by atoms with van der Waals surface area (Å²) in [5, 5.41) is 13.2. The molecular weight excluding hydrogens is 353 g/mol. The van der Waals surface area contributed by atoms with Crippen LogP contribution in [-0.4, -0.2) is 30.4 Å². The van der Waals surface area contributed by atoms with Gasteiger partial charge in [-0.15, -0.1) is 6.42 Å². The molecule has 0 spiro atoms. The maximum absolute atomic E-state index is 12.9. The van der Waals surface area contributed by atoms with E-state index in [-0.39, 0.29) is 17.4 Å². The molecule has 0 bridgehead atoms. The van der Waals surface area contributed by atoms with Gasteiger partial charge in [0, 0.05) is 6.54 Å². The van der Waals surface area contributed by atoms with E-state index in [1.807, 2.05) is 12.1 Å². The molecule has 2 aromatic carbocycles. The van der Waals surface area contributed by atoms with Gasteiger partial charge in [-0.25, -0.2) is 4.39 Å². The molecule has 0 aliphatic rings. The van der Waals surface area contributed by atoms with Crippen molar-refractivity contribution in [3.8, 4) is 23.8 Å². The van der Waals surface area contributed by atoms with Crippen LogP contribution in [0.3, 0.4) is 0 Å². The molecule has 0 fully saturated rings. The first kappa shape index (κ1) is 19.7. The minimum Gasteiger partial charge on any atom is -0.493 e. The summed E-state index contributed by atoms with van der Waals surface area (Å²) in [6.45, 7) is 0.706. The normalized spacial score (nSPS) is 11.3. The second kappa shape index (κ2) is 9.76. The van der Waals surface area contributed by atoms with Gasteiger partial charge < -0.3 is 19.9 Å². The molecule has 136 valence electrons. The van der Waals surface area contributed by atoms with Crippen molar-refractivity contribution in [2.24, 2.45) is 0 Å². The molecule has 0 aliphatic carbocycles. The standard InChI is InChI=1S/C20H20FNO3S/c1-3-12-25-17-9-4-14(13-18(17)24-2)10-11-22-20(26)19(23)15-5-7-16(21)8-6-15/h1,4-9,13,19,23H,10-12H2,2H3,(H,22,26). The van der Waals surface area contributed by atoms with Crippen molar-refractivity contribution in [2.75, 3.05) is 20.3 Å². The SMILES string of the molecule is C#CCOc1ccc(CCNC(=S)C(O)c2ccc(F)cc2)cc1OC. The zero-order chi connectivity index (χ0) is 18.9. The maximum Gasteiger partial charge on any atom is 0.162 e. The zero-order valence-corrected chi connectivity index (χ0v) is 15.2. The largest absolute Gasteiger partial charge is 0.493 e. The highest BCUT2D eigenvalue weighted by molar-refractivity contribution is 7.80. The van der Waals surface area contributed by atoms with E-state index in [0.717, 1.165) is 5.56 Å². The number of halogens is 1. The summed E-state index contributed by atoms with van der Waals surface area (Å²) in [5.41, 5.74) is 1.56. The number of hydrogen-bond acceptors (Lipinski definition) is 4. The molecule has 1 atom stereocenters. The topological polar surface area (TPSA) is 50.7 Å². The summed E-state index contributed by atoms with van der Waals surface area (Å²) in [4.78, 5) is 0.289. The lowest BCUT2D eigenvalue weighted by Gasteiger charge is -2.15. The second-order valence-corrected chi connectivity index (χ2v) is 5.91. The molecule has 26 heavy (non-hydrogen) atoms. The van der Waals surface area contributed by atoms with Crippen LogP contribution in [0.25, 0.3) is 0 Å². The average molecular weight is 373 g/mol. The third kappa shape index (κ3) is 5.45. The van der Waals surface area contributed by atoms with E-state index < -0.39 is 6.10 Å². The van der Waals surface area contributed by atoms with Gasteiger partial charge in [-0.05, 0) is 41.8 Å². The van der Waals surface area contributed by atoms with Crippen molar-refractivity contribution in [2.45, 2.75) is 12.5 Å². The van der Waals surface area contributed by atoms with Gasteiger partial charge in [0.05, 0.1) is 7.11 Å². The van der Waals surface area contributed by atoms with Crippen LogP contribution in [0, 0.1) is 18.2 Å². The van der Waals surface area contributed by atoms with Gasteiger partial charge >= 0.3 is 0 Å². The molecule has 0 aromatic heterocycles. The number of methoxy groups -OCH3 is 1. The van der Waals surface area contributed by atoms with Crippen molar-refractivity contribution in [3.05, 3.63) is 59.4 Å². The van der Waals surface area contributed by atoms with Gasteiger partial charge in [-0.2, -0.15) is 0 Å². The molecule has 0 saturated carbocycles. The fraction of sp³-hybridized carbons (Fsp3) is 0.250. The number of rotatable bonds is 8. The van der Waals surface area contributed by atoms with Crippen molar-refractivity contribution in [1.82, 2.24) is 5.32 Å². The summed E-state index contributed by atoms with van der Waals surface area (Å²) >= 11 is 5.21. The van der Waals surface area contributed by atoms with E-state index in [4.69, 9.17) is 28.1 Å². The Hall–Kier alpha value is -2.62. The van der Waals surface area contributed by atoms with Crippen LogP contribution in [-0.2, 0) is 6.42 Å². The number of terminal acetylenes is 1. The molecule has 0 radical (unpaired) electrons. The second-order valence-electron chi connectivity index (χ2n) is 5.47. The van der Waals surface area contributed by atoms with Crippen LogP contribution in [0.4, 0.5) is 4.39 Å². The van der Waals surface area contributed by atoms with E-state index in [2.05, 4.69) is 11.2 Å². The predicted molar refractivity (Wildman–Crippen MR) is 103 cm³/mol. The van der Waals surface area contributed by atoms with Crippen LogP contribution < -0.4 is 14.8 Å². The van der Waals surface area contributed by atoms with Crippen molar-refractivity contribution < 1.29 is 19.0 Å². The highest BCUT2D eigenvalue weighted by atomic mass is 32.1. The zero-order valence-electron chi connectivity index (χ0n) is 14.4. The molecule has 4 nitrogen and oxygen atoms in total. The highest BCUT2D eigenvalue weighted by Crippen LogP contribution is 2.28. The lowest BCUT2D eigenvalue weighted by atomic mass is 10.1. The third-order valence-electron chi connectivity index (χ3n) is 3.69. The Balaban J connectivity index is 1.89. The molecule has 0 aliphatic heterocycles. The Kier molecular flexibility index (Phi) is 7.39. The fourth-order valence-corrected chi connectivity index (χ4v) is 2.57. The fourth-order valence-electron chi connectivity index (χ4n) is 2.33. The minimum absolute atomic E-state index is 0.173. The Morgan fingerprint density at radius 3 is 2.65 bits per heavy atom. The van der Waals surface area contributed by atoms with Crippen LogP contribution in [0.5, 0.6) is 11.5 Å². The first-order valence-electron chi connectivity index (χ1n) is 7.99. The van der Waals surface area contributed by atoms with Gasteiger partial charge in [0.1, 0.15) is 23.5 Å². The predicted octanol–water partition coefficient (Wildman–Crippen LogP) is 3.04. The molecule has 2 N–H and O–H groups in total. The number of benzene rings is 2. The minimum atomic E-state index is -0.973. The molecule has 2 rings (SSSR count). The Morgan fingerprint density at radius 1 is 1.27 bits per heavy atom. The number of nitrogens with one attached hydrogen (secondary N) is 1. The molecule has 6 heteroatoms. The highest BCUT2D eigenvalue weighted by Gasteiger charge is 2.13. The number of ether oxygens (including phenoxy) is 2. The van der Waals surface area contributed by atoms with E-state index in [0.29, 0.717) is 30.0 Å². The summed E-state index contributed by atoms with van der Waals surface area (Å²) in [6, 6.07) is 11.2. The molecule has 0 heterocycles. The smallest absolute Gasteiger partial charge is 0.162 e. The van der Waals surface area contributed by atoms with Crippen molar-refractivity contribution >= 4 is 17.2 Å². The Labute approximate surface area is 158 Å². The van der Waals surface area contributed by atoms with Gasteiger partial charge in [-0.3, -0.25) is 0 Å². The maximum atomic E-state index is 12.9. The summed E-state index contributed by atoms with van der Waals surface area (Å²) < 4.78 is 23.7. The van der Waals surface area contributed by atoms with Crippen LogP contribution in [0.2, 0.25) is 0 Å². The number of thiocarbonyl (C=S) groups is 1. The molecule has 1 unspecified atom stereocenters. The van der Waals surface area contributed by atoms with Gasteiger partial charge in [-0.1, -0.05) is 36.3 Å². The molecule has 0 amide bonds. The van der Waals surface area contributed by atoms with E-state index in [1.54, 1.807) is 13.2 Å². The van der Waals surface area contributed by atoms with Crippen LogP contribution in [0.15, 0.2) is 42.5 Å². The molecule has 2 aromatic rings. The third-order valence-corrected chi connectivity index (χ3v) is 4.05. The Morgan fingerprint density at radius 2 is 2.00 bits per heavy atom. The lowest BCUT2D eigenvalue weighted by Crippen LogP contribution is -2.29. The first-order chi connectivity index (χ1) is 12.5. The lowest BCUT2D eigenvalue weighted by molar-refractivity contribution is 0.246. The van der Waals surface area contributed by atoms with E-state index in [9.17, 15) is 9.50 Å². The van der Waals surface area contributed by atoms with Gasteiger partial charge in [0.2, 0.25) is 0 Å². The van der Waals surface area contributed by atoms with Gasteiger partial charge in [0.15, 0.2) is 11.5 Å². The van der Waals surface area contributed by atoms with Gasteiger partial charge in [0.25, 0.3) is 0 Å². The quantitative estimate of drug-likeness (QED) is 0.550. The number of hydrogen-bond donors (Lipinski definition) is 2. The first-order valence-corrected chi connectivity index (χ1v) is 8.40. The summed E-state index contributed by atoms with van der Waals surface area (Å²) in [7, 11) is 1.56. The number of aliphatic hydroxyl groups is 1. The average Bonchev–Trinajstić information content (AvgIpc) is 2.66. The van der Waals surface area contributed by atoms with Crippen molar-refractivity contribution in [1.29, 1.82) is 0 Å².